The van der Waals surface area contributed by atoms with Gasteiger partial charge in [-0.2, -0.15) is 0 Å². The summed E-state index contributed by atoms with van der Waals surface area (Å²) >= 11 is 0. The highest BCUT2D eigenvalue weighted by atomic mass is 16.5. The van der Waals surface area contributed by atoms with Crippen LogP contribution in [0, 0.1) is 0 Å². The monoisotopic (exact) mass is 415 g/mol. The summed E-state index contributed by atoms with van der Waals surface area (Å²) in [5.74, 6) is 1.04. The third-order valence-corrected chi connectivity index (χ3v) is 6.42. The van der Waals surface area contributed by atoms with Crippen LogP contribution in [0.1, 0.15) is 42.5 Å². The Balaban J connectivity index is 1.23. The fourth-order valence-corrected chi connectivity index (χ4v) is 4.65. The van der Waals surface area contributed by atoms with Crippen LogP contribution in [0.4, 0.5) is 5.82 Å². The molecular formula is C22H33N5O3. The number of carbonyl (C=O) groups excluding carboxylic acids is 2. The standard InChI is InChI=1S/C22H33N5O3/c28-21-3-1-9-27(21)10-2-7-24-22(29)18-4-8-23-20(17-18)26-11-5-19(6-12-26)25-13-15-30-16-14-25/h4,8,17,19H,1-3,5-7,9-16H2,(H,24,29). The van der Waals surface area contributed by atoms with Gasteiger partial charge in [-0.3, -0.25) is 14.5 Å². The first kappa shape index (κ1) is 21.1. The van der Waals surface area contributed by atoms with Gasteiger partial charge >= 0.3 is 0 Å². The topological polar surface area (TPSA) is 78.0 Å². The lowest BCUT2D eigenvalue weighted by atomic mass is 10.0. The second kappa shape index (κ2) is 10.2. The van der Waals surface area contributed by atoms with Crippen molar-refractivity contribution in [3.8, 4) is 0 Å². The van der Waals surface area contributed by atoms with Crippen molar-refractivity contribution < 1.29 is 14.3 Å². The number of anilines is 1. The van der Waals surface area contributed by atoms with Gasteiger partial charge in [-0.1, -0.05) is 0 Å². The number of nitrogens with one attached hydrogen (secondary N) is 1. The van der Waals surface area contributed by atoms with Crippen molar-refractivity contribution in [2.45, 2.75) is 38.1 Å². The number of nitrogens with zero attached hydrogens (tertiary/aromatic N) is 4. The second-order valence-electron chi connectivity index (χ2n) is 8.36. The maximum Gasteiger partial charge on any atom is 0.251 e. The quantitative estimate of drug-likeness (QED) is 0.673. The van der Waals surface area contributed by atoms with Crippen molar-refractivity contribution in [1.82, 2.24) is 20.1 Å². The van der Waals surface area contributed by atoms with Crippen LogP contribution in [-0.2, 0) is 9.53 Å². The molecule has 0 unspecified atom stereocenters. The molecule has 0 aliphatic carbocycles. The Labute approximate surface area is 178 Å². The second-order valence-corrected chi connectivity index (χ2v) is 8.36. The van der Waals surface area contributed by atoms with E-state index >= 15 is 0 Å². The molecule has 3 aliphatic rings. The van der Waals surface area contributed by atoms with E-state index in [1.165, 1.54) is 0 Å². The lowest BCUT2D eigenvalue weighted by molar-refractivity contribution is -0.127. The van der Waals surface area contributed by atoms with E-state index in [-0.39, 0.29) is 11.8 Å². The highest BCUT2D eigenvalue weighted by molar-refractivity contribution is 5.94. The number of hydrogen-bond acceptors (Lipinski definition) is 6. The van der Waals surface area contributed by atoms with Crippen LogP contribution in [0.15, 0.2) is 18.3 Å². The average Bonchev–Trinajstić information content (AvgIpc) is 3.22. The summed E-state index contributed by atoms with van der Waals surface area (Å²) in [5, 5.41) is 2.98. The van der Waals surface area contributed by atoms with Crippen LogP contribution in [0.25, 0.3) is 0 Å². The highest BCUT2D eigenvalue weighted by Gasteiger charge is 2.26. The van der Waals surface area contributed by atoms with Crippen LogP contribution < -0.4 is 10.2 Å². The minimum atomic E-state index is -0.0744. The van der Waals surface area contributed by atoms with E-state index in [1.54, 1.807) is 12.3 Å². The highest BCUT2D eigenvalue weighted by Crippen LogP contribution is 2.22. The van der Waals surface area contributed by atoms with E-state index in [4.69, 9.17) is 4.74 Å². The molecule has 1 N–H and O–H groups in total. The molecule has 0 atom stereocenters. The van der Waals surface area contributed by atoms with E-state index in [0.29, 0.717) is 24.6 Å². The fourth-order valence-electron chi connectivity index (χ4n) is 4.65. The third-order valence-electron chi connectivity index (χ3n) is 6.42. The van der Waals surface area contributed by atoms with Crippen LogP contribution in [0.3, 0.4) is 0 Å². The average molecular weight is 416 g/mol. The summed E-state index contributed by atoms with van der Waals surface area (Å²) in [6.45, 7) is 7.82. The Morgan fingerprint density at radius 1 is 1.17 bits per heavy atom. The molecule has 30 heavy (non-hydrogen) atoms. The molecule has 0 spiro atoms. The largest absolute Gasteiger partial charge is 0.379 e. The molecule has 0 bridgehead atoms. The van der Waals surface area contributed by atoms with Gasteiger partial charge in [0.25, 0.3) is 5.91 Å². The first-order valence-corrected chi connectivity index (χ1v) is 11.3. The van der Waals surface area contributed by atoms with Gasteiger partial charge in [0.2, 0.25) is 5.91 Å². The van der Waals surface area contributed by atoms with Crippen molar-refractivity contribution in [2.24, 2.45) is 0 Å². The normalized spacial score (nSPS) is 21.3. The summed E-state index contributed by atoms with van der Waals surface area (Å²) < 4.78 is 5.46. The number of carbonyl (C=O) groups is 2. The maximum absolute atomic E-state index is 12.5. The van der Waals surface area contributed by atoms with Crippen LogP contribution in [0.5, 0.6) is 0 Å². The van der Waals surface area contributed by atoms with Crippen molar-refractivity contribution >= 4 is 17.6 Å². The zero-order valence-corrected chi connectivity index (χ0v) is 17.7. The fraction of sp³-hybridized carbons (Fsp3) is 0.682. The van der Waals surface area contributed by atoms with Crippen LogP contribution in [-0.4, -0.2) is 91.7 Å². The van der Waals surface area contributed by atoms with Gasteiger partial charge in [0.15, 0.2) is 0 Å². The molecule has 4 heterocycles. The molecule has 4 rings (SSSR count). The minimum absolute atomic E-state index is 0.0744. The third kappa shape index (κ3) is 5.29. The SMILES string of the molecule is O=C(NCCCN1CCCC1=O)c1ccnc(N2CCC(N3CCOCC3)CC2)c1. The Kier molecular flexibility index (Phi) is 7.17. The lowest BCUT2D eigenvalue weighted by Gasteiger charge is -2.40. The van der Waals surface area contributed by atoms with E-state index in [9.17, 15) is 9.59 Å². The molecule has 8 heteroatoms. The number of pyridine rings is 1. The first-order valence-electron chi connectivity index (χ1n) is 11.3. The van der Waals surface area contributed by atoms with Gasteiger partial charge in [-0.15, -0.1) is 0 Å². The molecule has 8 nitrogen and oxygen atoms in total. The number of ether oxygens (including phenoxy) is 1. The number of piperidine rings is 1. The zero-order chi connectivity index (χ0) is 20.8. The van der Waals surface area contributed by atoms with Gasteiger partial charge in [-0.25, -0.2) is 4.98 Å². The number of hydrogen-bond donors (Lipinski definition) is 1. The Morgan fingerprint density at radius 3 is 2.70 bits per heavy atom. The number of likely N-dealkylation sites (tertiary alicyclic amines) is 1. The summed E-state index contributed by atoms with van der Waals surface area (Å²) in [5.41, 5.74) is 0.646. The van der Waals surface area contributed by atoms with Crippen molar-refractivity contribution in [3.63, 3.8) is 0 Å². The summed E-state index contributed by atoms with van der Waals surface area (Å²) in [4.78, 5) is 35.4. The summed E-state index contributed by atoms with van der Waals surface area (Å²) in [6, 6.07) is 4.29. The van der Waals surface area contributed by atoms with Gasteiger partial charge in [-0.05, 0) is 37.8 Å². The van der Waals surface area contributed by atoms with Crippen LogP contribution >= 0.6 is 0 Å². The molecule has 0 aromatic carbocycles. The lowest BCUT2D eigenvalue weighted by Crippen LogP contribution is -2.49. The number of morpholine rings is 1. The van der Waals surface area contributed by atoms with Gasteiger partial charge < -0.3 is 19.9 Å². The van der Waals surface area contributed by atoms with E-state index in [2.05, 4.69) is 20.1 Å². The molecule has 1 aromatic heterocycles. The Hall–Kier alpha value is -2.19. The van der Waals surface area contributed by atoms with Crippen molar-refractivity contribution in [2.75, 3.05) is 63.9 Å². The van der Waals surface area contributed by atoms with Gasteiger partial charge in [0.1, 0.15) is 5.82 Å². The predicted molar refractivity (Wildman–Crippen MR) is 115 cm³/mol. The molecule has 0 saturated carbocycles. The summed E-state index contributed by atoms with van der Waals surface area (Å²) in [7, 11) is 0. The Bertz CT molecular complexity index is 729. The van der Waals surface area contributed by atoms with Gasteiger partial charge in [0.05, 0.1) is 13.2 Å². The molecule has 0 radical (unpaired) electrons. The van der Waals surface area contributed by atoms with Crippen molar-refractivity contribution in [1.29, 1.82) is 0 Å². The molecule has 3 fully saturated rings. The first-order chi connectivity index (χ1) is 14.7. The van der Waals surface area contributed by atoms with Crippen LogP contribution in [0.2, 0.25) is 0 Å². The van der Waals surface area contributed by atoms with E-state index in [1.807, 2.05) is 11.0 Å². The Morgan fingerprint density at radius 2 is 1.97 bits per heavy atom. The van der Waals surface area contributed by atoms with Crippen molar-refractivity contribution in [3.05, 3.63) is 23.9 Å². The number of aromatic nitrogens is 1. The number of amides is 2. The van der Waals surface area contributed by atoms with E-state index in [0.717, 1.165) is 84.0 Å². The smallest absolute Gasteiger partial charge is 0.251 e. The van der Waals surface area contributed by atoms with E-state index < -0.39 is 0 Å². The maximum atomic E-state index is 12.5. The molecular weight excluding hydrogens is 382 g/mol. The summed E-state index contributed by atoms with van der Waals surface area (Å²) in [6.07, 6.45) is 6.36. The minimum Gasteiger partial charge on any atom is -0.379 e. The molecule has 2 amide bonds. The van der Waals surface area contributed by atoms with Gasteiger partial charge in [0, 0.05) is 70.0 Å². The zero-order valence-electron chi connectivity index (χ0n) is 17.7. The molecule has 164 valence electrons. The number of rotatable bonds is 7. The molecule has 3 aliphatic heterocycles. The predicted octanol–water partition coefficient (Wildman–Crippen LogP) is 1.12. The molecule has 3 saturated heterocycles. The molecule has 1 aromatic rings.